The van der Waals surface area contributed by atoms with Crippen LogP contribution in [0.2, 0.25) is 0 Å². The number of hydrogen-bond acceptors (Lipinski definition) is 8. The predicted molar refractivity (Wildman–Crippen MR) is 182 cm³/mol. The van der Waals surface area contributed by atoms with E-state index in [0.717, 1.165) is 21.9 Å². The Morgan fingerprint density at radius 3 is 2.37 bits per heavy atom. The summed E-state index contributed by atoms with van der Waals surface area (Å²) in [5.41, 5.74) is 2.63. The van der Waals surface area contributed by atoms with Crippen LogP contribution in [-0.4, -0.2) is 62.8 Å². The Morgan fingerprint density at radius 1 is 0.939 bits per heavy atom. The van der Waals surface area contributed by atoms with Gasteiger partial charge in [0, 0.05) is 17.7 Å². The van der Waals surface area contributed by atoms with E-state index in [9.17, 15) is 19.5 Å². The van der Waals surface area contributed by atoms with Gasteiger partial charge in [0.15, 0.2) is 12.4 Å². The summed E-state index contributed by atoms with van der Waals surface area (Å²) >= 11 is 0. The maximum Gasteiger partial charge on any atom is 0.434 e. The summed E-state index contributed by atoms with van der Waals surface area (Å²) in [4.78, 5) is 46.6. The minimum absolute atomic E-state index is 0.0930. The van der Waals surface area contributed by atoms with Crippen LogP contribution in [0.3, 0.4) is 0 Å². The normalized spacial score (nSPS) is 14.9. The van der Waals surface area contributed by atoms with Gasteiger partial charge in [0.1, 0.15) is 17.4 Å². The average Bonchev–Trinajstić information content (AvgIpc) is 3.77. The SMILES string of the molecule is CC(C)(C)OC(=O)NC(=NC(=O)O)N1CCCC1c1nc(-c2ccc3cc(OCC(=O)c4ccc(-c5ccccc5)cc4)ccc3c2)no1. The van der Waals surface area contributed by atoms with Gasteiger partial charge in [0.2, 0.25) is 17.7 Å². The monoisotopic (exact) mass is 661 g/mol. The molecule has 1 aliphatic rings. The molecule has 2 heterocycles. The summed E-state index contributed by atoms with van der Waals surface area (Å²) in [6.07, 6.45) is -1.02. The van der Waals surface area contributed by atoms with Crippen molar-refractivity contribution in [2.45, 2.75) is 45.3 Å². The Morgan fingerprint density at radius 2 is 1.63 bits per heavy atom. The summed E-state index contributed by atoms with van der Waals surface area (Å²) < 4.78 is 16.8. The molecule has 2 N–H and O–H groups in total. The van der Waals surface area contributed by atoms with E-state index in [2.05, 4.69) is 20.4 Å². The van der Waals surface area contributed by atoms with Gasteiger partial charge in [0.05, 0.1) is 0 Å². The van der Waals surface area contributed by atoms with Crippen LogP contribution in [0.15, 0.2) is 101 Å². The van der Waals surface area contributed by atoms with Crippen LogP contribution in [0.1, 0.15) is 55.9 Å². The lowest BCUT2D eigenvalue weighted by molar-refractivity contribution is 0.0554. The molecule has 6 rings (SSSR count). The third-order valence-corrected chi connectivity index (χ3v) is 7.82. The first-order valence-electron chi connectivity index (χ1n) is 15.8. The van der Waals surface area contributed by atoms with Crippen LogP contribution in [0, 0.1) is 0 Å². The molecule has 1 saturated heterocycles. The maximum atomic E-state index is 12.8. The number of aromatic nitrogens is 2. The fourth-order valence-corrected chi connectivity index (χ4v) is 5.58. The highest BCUT2D eigenvalue weighted by Crippen LogP contribution is 2.33. The number of likely N-dealkylation sites (tertiary alicyclic amines) is 1. The average molecular weight is 662 g/mol. The van der Waals surface area contributed by atoms with E-state index in [1.54, 1.807) is 31.7 Å². The van der Waals surface area contributed by atoms with Crippen molar-refractivity contribution in [1.82, 2.24) is 20.4 Å². The molecule has 0 aliphatic carbocycles. The molecule has 2 amide bonds. The molecule has 1 unspecified atom stereocenters. The lowest BCUT2D eigenvalue weighted by Gasteiger charge is -2.26. The molecule has 1 aliphatic heterocycles. The lowest BCUT2D eigenvalue weighted by Crippen LogP contribution is -2.46. The van der Waals surface area contributed by atoms with Gasteiger partial charge in [-0.1, -0.05) is 78.0 Å². The third kappa shape index (κ3) is 8.10. The zero-order valence-electron chi connectivity index (χ0n) is 27.3. The van der Waals surface area contributed by atoms with Gasteiger partial charge in [-0.05, 0) is 73.7 Å². The molecule has 5 aromatic rings. The topological polar surface area (TPSA) is 156 Å². The fraction of sp³-hybridized carbons (Fsp3) is 0.243. The maximum absolute atomic E-state index is 12.8. The van der Waals surface area contributed by atoms with Crippen LogP contribution in [-0.2, 0) is 4.74 Å². The van der Waals surface area contributed by atoms with Crippen LogP contribution < -0.4 is 10.1 Å². The number of aliphatic imine (C=N–C) groups is 1. The van der Waals surface area contributed by atoms with Crippen molar-refractivity contribution in [3.63, 3.8) is 0 Å². The van der Waals surface area contributed by atoms with Crippen LogP contribution in [0.25, 0.3) is 33.3 Å². The van der Waals surface area contributed by atoms with Gasteiger partial charge in [-0.15, -0.1) is 4.99 Å². The quantitative estimate of drug-likeness (QED) is 0.102. The first-order valence-corrected chi connectivity index (χ1v) is 15.8. The number of benzene rings is 4. The zero-order chi connectivity index (χ0) is 34.5. The van der Waals surface area contributed by atoms with Crippen molar-refractivity contribution >= 4 is 34.7 Å². The molecular formula is C37H35N5O7. The number of ketones is 1. The molecule has 12 heteroatoms. The third-order valence-electron chi connectivity index (χ3n) is 7.82. The van der Waals surface area contributed by atoms with Gasteiger partial charge >= 0.3 is 12.2 Å². The van der Waals surface area contributed by atoms with E-state index in [1.165, 1.54) is 0 Å². The Labute approximate surface area is 282 Å². The number of amides is 2. The zero-order valence-corrected chi connectivity index (χ0v) is 27.3. The Kier molecular flexibility index (Phi) is 9.38. The van der Waals surface area contributed by atoms with E-state index in [-0.39, 0.29) is 24.2 Å². The van der Waals surface area contributed by atoms with Crippen molar-refractivity contribution in [3.05, 3.63) is 102 Å². The number of rotatable bonds is 7. The molecular weight excluding hydrogens is 626 g/mol. The van der Waals surface area contributed by atoms with Crippen LogP contribution >= 0.6 is 0 Å². The molecule has 12 nitrogen and oxygen atoms in total. The summed E-state index contributed by atoms with van der Waals surface area (Å²) in [7, 11) is 0. The molecule has 0 bridgehead atoms. The molecule has 0 spiro atoms. The Bertz CT molecular complexity index is 2020. The van der Waals surface area contributed by atoms with Crippen molar-refractivity contribution in [3.8, 4) is 28.3 Å². The fourth-order valence-electron chi connectivity index (χ4n) is 5.58. The van der Waals surface area contributed by atoms with Gasteiger partial charge in [0.25, 0.3) is 0 Å². The van der Waals surface area contributed by atoms with Gasteiger partial charge in [-0.2, -0.15) is 4.98 Å². The van der Waals surface area contributed by atoms with Crippen molar-refractivity contribution < 1.29 is 33.5 Å². The number of Topliss-reactive ketones (excluding diaryl/α,β-unsaturated/α-hetero) is 1. The summed E-state index contributed by atoms with van der Waals surface area (Å²) in [5.74, 6) is 0.891. The minimum Gasteiger partial charge on any atom is -0.485 e. The minimum atomic E-state index is -1.46. The molecule has 49 heavy (non-hydrogen) atoms. The van der Waals surface area contributed by atoms with Gasteiger partial charge < -0.3 is 24.0 Å². The van der Waals surface area contributed by atoms with Gasteiger partial charge in [-0.25, -0.2) is 9.59 Å². The number of alkyl carbamates (subject to hydrolysis) is 1. The molecule has 0 radical (unpaired) electrons. The number of nitrogens with zero attached hydrogens (tertiary/aromatic N) is 4. The van der Waals surface area contributed by atoms with Crippen LogP contribution in [0.5, 0.6) is 5.75 Å². The molecule has 1 aromatic heterocycles. The molecule has 1 fully saturated rings. The van der Waals surface area contributed by atoms with Crippen molar-refractivity contribution in [1.29, 1.82) is 0 Å². The second kappa shape index (κ2) is 14.0. The molecule has 250 valence electrons. The predicted octanol–water partition coefficient (Wildman–Crippen LogP) is 7.51. The van der Waals surface area contributed by atoms with Gasteiger partial charge in [-0.3, -0.25) is 10.1 Å². The first-order chi connectivity index (χ1) is 23.5. The highest BCUT2D eigenvalue weighted by atomic mass is 16.6. The second-order valence-electron chi connectivity index (χ2n) is 12.5. The summed E-state index contributed by atoms with van der Waals surface area (Å²) in [5, 5.41) is 17.8. The smallest absolute Gasteiger partial charge is 0.434 e. The van der Waals surface area contributed by atoms with E-state index < -0.39 is 23.8 Å². The Balaban J connectivity index is 1.11. The summed E-state index contributed by atoms with van der Waals surface area (Å²) in [6, 6.07) is 28.2. The van der Waals surface area contributed by atoms with E-state index >= 15 is 0 Å². The van der Waals surface area contributed by atoms with Crippen molar-refractivity contribution in [2.75, 3.05) is 13.2 Å². The Hall–Kier alpha value is -6.04. The summed E-state index contributed by atoms with van der Waals surface area (Å²) in [6.45, 7) is 5.43. The number of carboxylic acid groups (broad SMARTS) is 1. The first kappa shape index (κ1) is 32.9. The number of ether oxygens (including phenoxy) is 2. The van der Waals surface area contributed by atoms with E-state index in [4.69, 9.17) is 14.0 Å². The highest BCUT2D eigenvalue weighted by Gasteiger charge is 2.35. The number of carbonyl (C=O) groups is 3. The largest absolute Gasteiger partial charge is 0.485 e. The lowest BCUT2D eigenvalue weighted by atomic mass is 10.0. The van der Waals surface area contributed by atoms with Crippen LogP contribution in [0.4, 0.5) is 9.59 Å². The number of guanidine groups is 1. The van der Waals surface area contributed by atoms with E-state index in [0.29, 0.717) is 42.1 Å². The number of fused-ring (bicyclic) bond motifs is 1. The second-order valence-corrected chi connectivity index (χ2v) is 12.5. The molecule has 4 aromatic carbocycles. The standard InChI is InChI=1S/C37H35N5O7/c1-37(2,3)48-36(46)40-34(39-35(44)45)42-19-7-10-30(42)33-38-32(41-49-33)28-16-15-27-21-29(18-17-26(27)20-28)47-22-31(43)25-13-11-24(12-14-25)23-8-5-4-6-9-23/h4-6,8-9,11-18,20-21,30H,7,10,19,22H2,1-3H3,(H,44,45)(H,39,40,46). The number of nitrogens with one attached hydrogen (secondary N) is 1. The molecule has 0 saturated carbocycles. The van der Waals surface area contributed by atoms with E-state index in [1.807, 2.05) is 84.9 Å². The molecule has 1 atom stereocenters. The number of hydrogen-bond donors (Lipinski definition) is 2. The van der Waals surface area contributed by atoms with Crippen molar-refractivity contribution in [2.24, 2.45) is 4.99 Å². The highest BCUT2D eigenvalue weighted by molar-refractivity contribution is 5.99. The number of carbonyl (C=O) groups excluding carboxylic acids is 2.